The van der Waals surface area contributed by atoms with Crippen LogP contribution in [0.15, 0.2) is 42.7 Å². The van der Waals surface area contributed by atoms with Gasteiger partial charge in [-0.1, -0.05) is 44.2 Å². The molecule has 7 nitrogen and oxygen atoms in total. The second-order valence-corrected chi connectivity index (χ2v) is 7.04. The van der Waals surface area contributed by atoms with Gasteiger partial charge in [-0.15, -0.1) is 10.2 Å². The SMILES string of the molecule is CC(C)c1cc(N2CC(=O)N[C@@H](Cc3ccccc3)C2)c2nncn2n1. The van der Waals surface area contributed by atoms with Gasteiger partial charge in [0, 0.05) is 6.54 Å². The molecule has 2 aromatic heterocycles. The maximum atomic E-state index is 12.3. The van der Waals surface area contributed by atoms with Gasteiger partial charge in [-0.05, 0) is 24.0 Å². The fourth-order valence-corrected chi connectivity index (χ4v) is 3.37. The van der Waals surface area contributed by atoms with E-state index in [1.54, 1.807) is 10.8 Å². The molecule has 0 bridgehead atoms. The number of hydrogen-bond acceptors (Lipinski definition) is 5. The van der Waals surface area contributed by atoms with Crippen molar-refractivity contribution in [3.05, 3.63) is 54.0 Å². The van der Waals surface area contributed by atoms with Gasteiger partial charge in [-0.2, -0.15) is 9.61 Å². The minimum Gasteiger partial charge on any atom is -0.357 e. The molecule has 4 rings (SSSR count). The zero-order valence-electron chi connectivity index (χ0n) is 15.0. The van der Waals surface area contributed by atoms with Crippen LogP contribution in [0.5, 0.6) is 0 Å². The van der Waals surface area contributed by atoms with E-state index in [4.69, 9.17) is 0 Å². The molecule has 0 aliphatic carbocycles. The van der Waals surface area contributed by atoms with Crippen LogP contribution < -0.4 is 10.2 Å². The van der Waals surface area contributed by atoms with Crippen molar-refractivity contribution in [2.24, 2.45) is 0 Å². The molecule has 3 aromatic rings. The molecule has 0 saturated carbocycles. The maximum absolute atomic E-state index is 12.3. The van der Waals surface area contributed by atoms with Crippen molar-refractivity contribution < 1.29 is 4.79 Å². The number of fused-ring (bicyclic) bond motifs is 1. The summed E-state index contributed by atoms with van der Waals surface area (Å²) in [5.41, 5.74) is 3.76. The van der Waals surface area contributed by atoms with Gasteiger partial charge in [0.05, 0.1) is 24.0 Å². The molecule has 0 radical (unpaired) electrons. The number of nitrogens with one attached hydrogen (secondary N) is 1. The van der Waals surface area contributed by atoms with Crippen LogP contribution >= 0.6 is 0 Å². The Labute approximate surface area is 152 Å². The summed E-state index contributed by atoms with van der Waals surface area (Å²) in [4.78, 5) is 14.4. The topological polar surface area (TPSA) is 75.4 Å². The van der Waals surface area contributed by atoms with Gasteiger partial charge < -0.3 is 10.2 Å². The Kier molecular flexibility index (Phi) is 4.28. The second kappa shape index (κ2) is 6.74. The number of carbonyl (C=O) groups is 1. The van der Waals surface area contributed by atoms with E-state index in [1.807, 2.05) is 24.3 Å². The van der Waals surface area contributed by atoms with Gasteiger partial charge in [-0.3, -0.25) is 4.79 Å². The van der Waals surface area contributed by atoms with E-state index in [1.165, 1.54) is 5.56 Å². The van der Waals surface area contributed by atoms with Gasteiger partial charge in [0.25, 0.3) is 0 Å². The summed E-state index contributed by atoms with van der Waals surface area (Å²) in [6, 6.07) is 12.3. The first-order valence-electron chi connectivity index (χ1n) is 8.89. The average Bonchev–Trinajstić information content (AvgIpc) is 3.09. The van der Waals surface area contributed by atoms with Crippen molar-refractivity contribution in [2.75, 3.05) is 18.0 Å². The third-order valence-corrected chi connectivity index (χ3v) is 4.66. The monoisotopic (exact) mass is 350 g/mol. The van der Waals surface area contributed by atoms with Gasteiger partial charge in [-0.25, -0.2) is 0 Å². The Morgan fingerprint density at radius 1 is 1.27 bits per heavy atom. The molecule has 0 unspecified atom stereocenters. The van der Waals surface area contributed by atoms with Crippen LogP contribution in [0.3, 0.4) is 0 Å². The lowest BCUT2D eigenvalue weighted by molar-refractivity contribution is -0.121. The molecule has 1 fully saturated rings. The summed E-state index contributed by atoms with van der Waals surface area (Å²) >= 11 is 0. The van der Waals surface area contributed by atoms with E-state index in [0.717, 1.165) is 24.3 Å². The van der Waals surface area contributed by atoms with Gasteiger partial charge in [0.2, 0.25) is 11.6 Å². The highest BCUT2D eigenvalue weighted by Crippen LogP contribution is 2.25. The van der Waals surface area contributed by atoms with E-state index < -0.39 is 0 Å². The Morgan fingerprint density at radius 2 is 2.08 bits per heavy atom. The van der Waals surface area contributed by atoms with Crippen LogP contribution in [0.25, 0.3) is 5.65 Å². The van der Waals surface area contributed by atoms with Gasteiger partial charge in [0.15, 0.2) is 0 Å². The normalized spacial score (nSPS) is 17.7. The summed E-state index contributed by atoms with van der Waals surface area (Å²) < 4.78 is 1.70. The summed E-state index contributed by atoms with van der Waals surface area (Å²) in [5.74, 6) is 0.303. The minimum absolute atomic E-state index is 0.0257. The lowest BCUT2D eigenvalue weighted by Gasteiger charge is -2.34. The van der Waals surface area contributed by atoms with Gasteiger partial charge >= 0.3 is 0 Å². The fourth-order valence-electron chi connectivity index (χ4n) is 3.37. The van der Waals surface area contributed by atoms with Crippen LogP contribution in [0, 0.1) is 0 Å². The van der Waals surface area contributed by atoms with Crippen LogP contribution in [0.4, 0.5) is 5.69 Å². The first kappa shape index (κ1) is 16.5. The quantitative estimate of drug-likeness (QED) is 0.776. The molecule has 1 aromatic carbocycles. The Hall–Kier alpha value is -2.96. The minimum atomic E-state index is 0.0257. The lowest BCUT2D eigenvalue weighted by Crippen LogP contribution is -2.55. The highest BCUT2D eigenvalue weighted by Gasteiger charge is 2.27. The lowest BCUT2D eigenvalue weighted by atomic mass is 10.0. The third kappa shape index (κ3) is 3.24. The largest absolute Gasteiger partial charge is 0.357 e. The average molecular weight is 350 g/mol. The molecule has 1 N–H and O–H groups in total. The van der Waals surface area contributed by atoms with Crippen molar-refractivity contribution in [3.63, 3.8) is 0 Å². The van der Waals surface area contributed by atoms with E-state index >= 15 is 0 Å². The number of aromatic nitrogens is 4. The predicted octanol–water partition coefficient (Wildman–Crippen LogP) is 1.80. The molecule has 134 valence electrons. The molecule has 7 heteroatoms. The number of benzene rings is 1. The molecule has 26 heavy (non-hydrogen) atoms. The molecule has 1 aliphatic heterocycles. The molecule has 3 heterocycles. The smallest absolute Gasteiger partial charge is 0.239 e. The van der Waals surface area contributed by atoms with E-state index in [-0.39, 0.29) is 17.9 Å². The third-order valence-electron chi connectivity index (χ3n) is 4.66. The second-order valence-electron chi connectivity index (χ2n) is 7.04. The Bertz CT molecular complexity index is 920. The van der Waals surface area contributed by atoms with Crippen LogP contribution in [0.2, 0.25) is 0 Å². The molecular formula is C19H22N6O. The van der Waals surface area contributed by atoms with E-state index in [2.05, 4.69) is 51.5 Å². The first-order chi connectivity index (χ1) is 12.6. The standard InChI is InChI=1S/C19H22N6O/c1-13(2)16-9-17(19-22-20-12-25(19)23-16)24-10-15(21-18(26)11-24)8-14-6-4-3-5-7-14/h3-7,9,12-13,15H,8,10-11H2,1-2H3,(H,21,26)/t15-/m0/s1. The van der Waals surface area contributed by atoms with Crippen LogP contribution in [-0.4, -0.2) is 44.8 Å². The van der Waals surface area contributed by atoms with Crippen molar-refractivity contribution in [1.82, 2.24) is 25.1 Å². The van der Waals surface area contributed by atoms with Crippen molar-refractivity contribution in [1.29, 1.82) is 0 Å². The molecule has 1 amide bonds. The highest BCUT2D eigenvalue weighted by atomic mass is 16.2. The van der Waals surface area contributed by atoms with E-state index in [0.29, 0.717) is 12.2 Å². The number of hydrogen-bond donors (Lipinski definition) is 1. The molecule has 1 saturated heterocycles. The molecule has 1 aliphatic rings. The number of carbonyl (C=O) groups excluding carboxylic acids is 1. The number of piperazine rings is 1. The zero-order valence-corrected chi connectivity index (χ0v) is 15.0. The van der Waals surface area contributed by atoms with Crippen molar-refractivity contribution in [2.45, 2.75) is 32.2 Å². The van der Waals surface area contributed by atoms with Crippen LogP contribution in [0.1, 0.15) is 31.0 Å². The Morgan fingerprint density at radius 3 is 2.85 bits per heavy atom. The molecule has 1 atom stereocenters. The number of rotatable bonds is 4. The van der Waals surface area contributed by atoms with Crippen LogP contribution in [-0.2, 0) is 11.2 Å². The van der Waals surface area contributed by atoms with Gasteiger partial charge in [0.1, 0.15) is 6.33 Å². The molecular weight excluding hydrogens is 328 g/mol. The molecule has 0 spiro atoms. The number of amides is 1. The van der Waals surface area contributed by atoms with Crippen molar-refractivity contribution >= 4 is 17.2 Å². The summed E-state index contributed by atoms with van der Waals surface area (Å²) in [5, 5.41) is 15.9. The van der Waals surface area contributed by atoms with E-state index in [9.17, 15) is 4.79 Å². The van der Waals surface area contributed by atoms with Crippen molar-refractivity contribution in [3.8, 4) is 0 Å². The number of anilines is 1. The summed E-state index contributed by atoms with van der Waals surface area (Å²) in [6.07, 6.45) is 2.41. The predicted molar refractivity (Wildman–Crippen MR) is 99.2 cm³/mol. The number of nitrogens with zero attached hydrogens (tertiary/aromatic N) is 5. The Balaban J connectivity index is 1.65. The summed E-state index contributed by atoms with van der Waals surface area (Å²) in [6.45, 7) is 5.24. The summed E-state index contributed by atoms with van der Waals surface area (Å²) in [7, 11) is 0. The first-order valence-corrected chi connectivity index (χ1v) is 8.89. The zero-order chi connectivity index (χ0) is 18.1. The highest BCUT2D eigenvalue weighted by molar-refractivity contribution is 5.85. The maximum Gasteiger partial charge on any atom is 0.239 e. The fraction of sp³-hybridized carbons (Fsp3) is 0.368.